The molecule has 2 amide bonds. The number of aryl methyl sites for hydroxylation is 2. The maximum absolute atomic E-state index is 12.6. The highest BCUT2D eigenvalue weighted by Gasteiger charge is 2.52. The molecule has 2 aromatic rings. The van der Waals surface area contributed by atoms with Gasteiger partial charge in [0.1, 0.15) is 6.04 Å². The van der Waals surface area contributed by atoms with Crippen LogP contribution in [0.25, 0.3) is 5.82 Å². The number of fused-ring (bicyclic) bond motifs is 1. The molecule has 0 spiro atoms. The SMILES string of the molecule is Cc1cc(C)n(-c2ccc(CNC(=O)[C@H]3CS[C@@]4(C)CCC(=O)N34)cn2)n1. The topological polar surface area (TPSA) is 80.1 Å². The molecule has 2 aliphatic heterocycles. The molecule has 0 saturated carbocycles. The first kappa shape index (κ1) is 18.0. The number of nitrogens with zero attached hydrogens (tertiary/aromatic N) is 4. The molecule has 2 fully saturated rings. The Hall–Kier alpha value is -2.35. The number of thioether (sulfide) groups is 1. The zero-order valence-electron chi connectivity index (χ0n) is 15.7. The van der Waals surface area contributed by atoms with Crippen molar-refractivity contribution in [2.75, 3.05) is 5.75 Å². The van der Waals surface area contributed by atoms with Crippen molar-refractivity contribution in [3.8, 4) is 5.82 Å². The van der Waals surface area contributed by atoms with Crippen LogP contribution in [0.4, 0.5) is 0 Å². The van der Waals surface area contributed by atoms with E-state index in [4.69, 9.17) is 0 Å². The Balaban J connectivity index is 1.40. The summed E-state index contributed by atoms with van der Waals surface area (Å²) in [6.07, 6.45) is 3.10. The first-order chi connectivity index (χ1) is 12.9. The van der Waals surface area contributed by atoms with E-state index in [0.717, 1.165) is 29.2 Å². The van der Waals surface area contributed by atoms with Crippen molar-refractivity contribution < 1.29 is 9.59 Å². The third-order valence-corrected chi connectivity index (χ3v) is 6.76. The van der Waals surface area contributed by atoms with Gasteiger partial charge in [-0.25, -0.2) is 9.67 Å². The lowest BCUT2D eigenvalue weighted by atomic mass is 10.2. The molecule has 2 aliphatic rings. The number of nitrogens with one attached hydrogen (secondary N) is 1. The summed E-state index contributed by atoms with van der Waals surface area (Å²) in [6, 6.07) is 5.46. The Morgan fingerprint density at radius 2 is 2.22 bits per heavy atom. The molecule has 0 aromatic carbocycles. The van der Waals surface area contributed by atoms with Crippen LogP contribution in [0, 0.1) is 13.8 Å². The van der Waals surface area contributed by atoms with E-state index < -0.39 is 0 Å². The third-order valence-electron chi connectivity index (χ3n) is 5.25. The number of aromatic nitrogens is 3. The number of hydrogen-bond acceptors (Lipinski definition) is 5. The van der Waals surface area contributed by atoms with E-state index in [1.165, 1.54) is 0 Å². The molecule has 142 valence electrons. The van der Waals surface area contributed by atoms with Gasteiger partial charge in [-0.15, -0.1) is 11.8 Å². The molecule has 0 unspecified atom stereocenters. The summed E-state index contributed by atoms with van der Waals surface area (Å²) < 4.78 is 1.80. The van der Waals surface area contributed by atoms with Crippen molar-refractivity contribution in [2.24, 2.45) is 0 Å². The Morgan fingerprint density at radius 1 is 1.41 bits per heavy atom. The van der Waals surface area contributed by atoms with Crippen LogP contribution in [0.3, 0.4) is 0 Å². The fourth-order valence-corrected chi connectivity index (χ4v) is 5.26. The summed E-state index contributed by atoms with van der Waals surface area (Å²) >= 11 is 1.70. The van der Waals surface area contributed by atoms with Gasteiger partial charge in [0.25, 0.3) is 0 Å². The fourth-order valence-electron chi connectivity index (χ4n) is 3.83. The molecule has 0 aliphatic carbocycles. The molecule has 4 heterocycles. The standard InChI is InChI=1S/C19H23N5O2S/c1-12-8-13(2)24(22-12)16-5-4-14(9-20-16)10-21-18(26)15-11-27-19(3)7-6-17(25)23(15)19/h4-5,8-9,15H,6-7,10-11H2,1-3H3,(H,21,26)/t15-,19+/m1/s1. The van der Waals surface area contributed by atoms with E-state index in [2.05, 4.69) is 22.3 Å². The van der Waals surface area contributed by atoms with Gasteiger partial charge < -0.3 is 10.2 Å². The van der Waals surface area contributed by atoms with Crippen molar-refractivity contribution in [3.63, 3.8) is 0 Å². The van der Waals surface area contributed by atoms with Gasteiger partial charge in [-0.05, 0) is 44.9 Å². The van der Waals surface area contributed by atoms with Crippen LogP contribution < -0.4 is 5.32 Å². The van der Waals surface area contributed by atoms with E-state index in [1.54, 1.807) is 27.5 Å². The Morgan fingerprint density at radius 3 is 2.89 bits per heavy atom. The predicted octanol–water partition coefficient (Wildman–Crippen LogP) is 1.95. The molecule has 7 nitrogen and oxygen atoms in total. The summed E-state index contributed by atoms with van der Waals surface area (Å²) in [6.45, 7) is 6.38. The van der Waals surface area contributed by atoms with Crippen LogP contribution in [-0.2, 0) is 16.1 Å². The summed E-state index contributed by atoms with van der Waals surface area (Å²) in [7, 11) is 0. The molecule has 4 rings (SSSR count). The normalized spacial score (nSPS) is 24.3. The molecule has 27 heavy (non-hydrogen) atoms. The van der Waals surface area contributed by atoms with Gasteiger partial charge in [0.15, 0.2) is 5.82 Å². The summed E-state index contributed by atoms with van der Waals surface area (Å²) in [5, 5.41) is 7.38. The Bertz CT molecular complexity index is 894. The smallest absolute Gasteiger partial charge is 0.243 e. The van der Waals surface area contributed by atoms with Crippen LogP contribution in [-0.4, -0.2) is 48.1 Å². The lowest BCUT2D eigenvalue weighted by Crippen LogP contribution is -2.49. The Kier molecular flexibility index (Phi) is 4.46. The van der Waals surface area contributed by atoms with E-state index >= 15 is 0 Å². The van der Waals surface area contributed by atoms with Crippen molar-refractivity contribution in [3.05, 3.63) is 41.3 Å². The second-order valence-electron chi connectivity index (χ2n) is 7.35. The van der Waals surface area contributed by atoms with Crippen molar-refractivity contribution in [1.82, 2.24) is 25.0 Å². The Labute approximate surface area is 162 Å². The molecular formula is C19H23N5O2S. The molecule has 1 N–H and O–H groups in total. The summed E-state index contributed by atoms with van der Waals surface area (Å²) in [5.74, 6) is 1.40. The average Bonchev–Trinajstić information content (AvgIpc) is 3.26. The minimum absolute atomic E-state index is 0.0820. The molecular weight excluding hydrogens is 362 g/mol. The quantitative estimate of drug-likeness (QED) is 0.870. The zero-order valence-corrected chi connectivity index (χ0v) is 16.5. The predicted molar refractivity (Wildman–Crippen MR) is 103 cm³/mol. The number of amides is 2. The molecule has 2 saturated heterocycles. The number of carbonyl (C=O) groups excluding carboxylic acids is 2. The molecule has 0 radical (unpaired) electrons. The van der Waals surface area contributed by atoms with E-state index in [0.29, 0.717) is 18.7 Å². The fraction of sp³-hybridized carbons (Fsp3) is 0.474. The highest BCUT2D eigenvalue weighted by molar-refractivity contribution is 8.01. The van der Waals surface area contributed by atoms with Crippen molar-refractivity contribution in [2.45, 2.75) is 51.1 Å². The third kappa shape index (κ3) is 3.22. The van der Waals surface area contributed by atoms with E-state index in [1.807, 2.05) is 32.0 Å². The van der Waals surface area contributed by atoms with Gasteiger partial charge in [0.2, 0.25) is 11.8 Å². The largest absolute Gasteiger partial charge is 0.350 e. The zero-order chi connectivity index (χ0) is 19.2. The lowest BCUT2D eigenvalue weighted by Gasteiger charge is -2.29. The van der Waals surface area contributed by atoms with Crippen molar-refractivity contribution in [1.29, 1.82) is 0 Å². The van der Waals surface area contributed by atoms with Gasteiger partial charge in [-0.3, -0.25) is 9.59 Å². The maximum atomic E-state index is 12.6. The number of hydrogen-bond donors (Lipinski definition) is 1. The van der Waals surface area contributed by atoms with Crippen LogP contribution in [0.1, 0.15) is 36.7 Å². The van der Waals surface area contributed by atoms with Crippen LogP contribution >= 0.6 is 11.8 Å². The van der Waals surface area contributed by atoms with Gasteiger partial charge in [-0.2, -0.15) is 5.10 Å². The minimum Gasteiger partial charge on any atom is -0.350 e. The number of pyridine rings is 1. The van der Waals surface area contributed by atoms with Crippen LogP contribution in [0.5, 0.6) is 0 Å². The van der Waals surface area contributed by atoms with Gasteiger partial charge in [0.05, 0.1) is 10.6 Å². The lowest BCUT2D eigenvalue weighted by molar-refractivity contribution is -0.138. The number of rotatable bonds is 4. The van der Waals surface area contributed by atoms with Crippen LogP contribution in [0.15, 0.2) is 24.4 Å². The first-order valence-corrected chi connectivity index (χ1v) is 10.1. The monoisotopic (exact) mass is 385 g/mol. The van der Waals surface area contributed by atoms with Crippen LogP contribution in [0.2, 0.25) is 0 Å². The highest BCUT2D eigenvalue weighted by Crippen LogP contribution is 2.47. The number of carbonyl (C=O) groups is 2. The van der Waals surface area contributed by atoms with Crippen molar-refractivity contribution >= 4 is 23.6 Å². The first-order valence-electron chi connectivity index (χ1n) is 9.10. The van der Waals surface area contributed by atoms with Gasteiger partial charge in [-0.1, -0.05) is 6.07 Å². The summed E-state index contributed by atoms with van der Waals surface area (Å²) in [5.41, 5.74) is 2.89. The molecule has 8 heteroatoms. The highest BCUT2D eigenvalue weighted by atomic mass is 32.2. The minimum atomic E-state index is -0.378. The molecule has 0 bridgehead atoms. The van der Waals surface area contributed by atoms with Gasteiger partial charge >= 0.3 is 0 Å². The molecule has 2 atom stereocenters. The van der Waals surface area contributed by atoms with Gasteiger partial charge in [0, 0.05) is 30.6 Å². The van der Waals surface area contributed by atoms with E-state index in [-0.39, 0.29) is 22.7 Å². The van der Waals surface area contributed by atoms with E-state index in [9.17, 15) is 9.59 Å². The maximum Gasteiger partial charge on any atom is 0.243 e. The summed E-state index contributed by atoms with van der Waals surface area (Å²) in [4.78, 5) is 30.8. The average molecular weight is 385 g/mol. The second-order valence-corrected chi connectivity index (χ2v) is 8.85. The second kappa shape index (κ2) is 6.67. The molecule has 2 aromatic heterocycles.